The van der Waals surface area contributed by atoms with Gasteiger partial charge in [0.2, 0.25) is 0 Å². The molecule has 0 radical (unpaired) electrons. The Morgan fingerprint density at radius 2 is 1.78 bits per heavy atom. The molecule has 0 unspecified atom stereocenters. The summed E-state index contributed by atoms with van der Waals surface area (Å²) in [6.07, 6.45) is 3.72. The third kappa shape index (κ3) is 2.78. The Labute approximate surface area is 154 Å². The van der Waals surface area contributed by atoms with Gasteiger partial charge in [0, 0.05) is 24.5 Å². The zero-order chi connectivity index (χ0) is 18.5. The number of H-pyrrole nitrogens is 1. The molecule has 4 aromatic rings. The van der Waals surface area contributed by atoms with E-state index in [0.29, 0.717) is 39.0 Å². The van der Waals surface area contributed by atoms with Gasteiger partial charge < -0.3 is 10.3 Å². The molecular formula is C20H19F2N5. The third-order valence-corrected chi connectivity index (χ3v) is 5.30. The first-order valence-corrected chi connectivity index (χ1v) is 9.11. The molecule has 3 heterocycles. The molecule has 0 saturated carbocycles. The minimum absolute atomic E-state index is 0.311. The van der Waals surface area contributed by atoms with Gasteiger partial charge in [0.1, 0.15) is 22.7 Å². The van der Waals surface area contributed by atoms with Crippen LogP contribution in [0.2, 0.25) is 0 Å². The number of benzene rings is 2. The van der Waals surface area contributed by atoms with Gasteiger partial charge in [-0.25, -0.2) is 13.8 Å². The summed E-state index contributed by atoms with van der Waals surface area (Å²) in [5.74, 6) is 0.352. The van der Waals surface area contributed by atoms with Crippen molar-refractivity contribution >= 4 is 21.9 Å². The van der Waals surface area contributed by atoms with Crippen molar-refractivity contribution in [2.75, 3.05) is 13.1 Å². The fourth-order valence-corrected chi connectivity index (χ4v) is 3.92. The van der Waals surface area contributed by atoms with Crippen LogP contribution in [0, 0.1) is 11.6 Å². The molecule has 0 spiro atoms. The van der Waals surface area contributed by atoms with Crippen molar-refractivity contribution in [1.82, 2.24) is 25.1 Å². The van der Waals surface area contributed by atoms with Crippen molar-refractivity contribution in [3.05, 3.63) is 47.9 Å². The molecule has 1 fully saturated rings. The number of nitrogens with zero attached hydrogens (tertiary/aromatic N) is 3. The maximum atomic E-state index is 14.7. The van der Waals surface area contributed by atoms with Crippen molar-refractivity contribution in [2.24, 2.45) is 7.05 Å². The standard InChI is InChI=1S/C20H19F2N5/c1-27-10-14-6-12(7-15(21)18(14)26-27)13-8-16(22)19-17(9-13)24-20(25-19)11-2-4-23-5-3-11/h6-11,23H,2-5H2,1H3,(H,24,25). The minimum atomic E-state index is -0.416. The molecule has 0 bridgehead atoms. The number of halogens is 2. The van der Waals surface area contributed by atoms with Gasteiger partial charge in [-0.3, -0.25) is 4.68 Å². The van der Waals surface area contributed by atoms with Crippen LogP contribution in [0.25, 0.3) is 33.1 Å². The van der Waals surface area contributed by atoms with E-state index in [-0.39, 0.29) is 5.82 Å². The Morgan fingerprint density at radius 1 is 1.04 bits per heavy atom. The van der Waals surface area contributed by atoms with Crippen molar-refractivity contribution < 1.29 is 8.78 Å². The SMILES string of the molecule is Cn1cc2cc(-c3cc(F)c4[nH]c(C5CCNCC5)nc4c3)cc(F)c2n1. The van der Waals surface area contributed by atoms with E-state index in [4.69, 9.17) is 0 Å². The van der Waals surface area contributed by atoms with Crippen molar-refractivity contribution in [3.8, 4) is 11.1 Å². The highest BCUT2D eigenvalue weighted by atomic mass is 19.1. The molecule has 138 valence electrons. The monoisotopic (exact) mass is 367 g/mol. The van der Waals surface area contributed by atoms with E-state index in [9.17, 15) is 8.78 Å². The second kappa shape index (κ2) is 6.13. The smallest absolute Gasteiger partial charge is 0.151 e. The summed E-state index contributed by atoms with van der Waals surface area (Å²) < 4.78 is 30.7. The van der Waals surface area contributed by atoms with Crippen LogP contribution in [0.1, 0.15) is 24.6 Å². The number of hydrogen-bond donors (Lipinski definition) is 2. The molecular weight excluding hydrogens is 348 g/mol. The first-order valence-electron chi connectivity index (χ1n) is 9.11. The van der Waals surface area contributed by atoms with Gasteiger partial charge >= 0.3 is 0 Å². The Bertz CT molecular complexity index is 1150. The molecule has 7 heteroatoms. The number of hydrogen-bond acceptors (Lipinski definition) is 3. The molecule has 0 atom stereocenters. The van der Waals surface area contributed by atoms with Crippen molar-refractivity contribution in [1.29, 1.82) is 0 Å². The number of aromatic nitrogens is 4. The lowest BCUT2D eigenvalue weighted by Gasteiger charge is -2.20. The minimum Gasteiger partial charge on any atom is -0.339 e. The van der Waals surface area contributed by atoms with Crippen LogP contribution < -0.4 is 5.32 Å². The van der Waals surface area contributed by atoms with E-state index in [1.807, 2.05) is 12.1 Å². The summed E-state index contributed by atoms with van der Waals surface area (Å²) >= 11 is 0. The molecule has 27 heavy (non-hydrogen) atoms. The fraction of sp³-hybridized carbons (Fsp3) is 0.300. The molecule has 2 aromatic carbocycles. The highest BCUT2D eigenvalue weighted by Crippen LogP contribution is 2.31. The zero-order valence-electron chi connectivity index (χ0n) is 14.9. The summed E-state index contributed by atoms with van der Waals surface area (Å²) in [7, 11) is 1.75. The predicted molar refractivity (Wildman–Crippen MR) is 101 cm³/mol. The number of aryl methyl sites for hydroxylation is 1. The Balaban J connectivity index is 1.61. The maximum absolute atomic E-state index is 14.7. The molecule has 2 aromatic heterocycles. The Hall–Kier alpha value is -2.80. The van der Waals surface area contributed by atoms with E-state index >= 15 is 0 Å². The average Bonchev–Trinajstić information content (AvgIpc) is 3.26. The van der Waals surface area contributed by atoms with E-state index in [0.717, 1.165) is 31.8 Å². The number of fused-ring (bicyclic) bond motifs is 2. The zero-order valence-corrected chi connectivity index (χ0v) is 14.9. The van der Waals surface area contributed by atoms with Gasteiger partial charge in [-0.2, -0.15) is 5.10 Å². The van der Waals surface area contributed by atoms with Crippen molar-refractivity contribution in [2.45, 2.75) is 18.8 Å². The Morgan fingerprint density at radius 3 is 2.59 bits per heavy atom. The van der Waals surface area contributed by atoms with Gasteiger partial charge in [-0.15, -0.1) is 0 Å². The molecule has 1 aliphatic heterocycles. The van der Waals surface area contributed by atoms with E-state index < -0.39 is 5.82 Å². The summed E-state index contributed by atoms with van der Waals surface area (Å²) in [6.45, 7) is 1.89. The molecule has 1 aliphatic rings. The number of imidazole rings is 1. The first kappa shape index (κ1) is 16.4. The Kier molecular flexibility index (Phi) is 3.72. The van der Waals surface area contributed by atoms with Gasteiger partial charge in [0.25, 0.3) is 0 Å². The number of nitrogens with one attached hydrogen (secondary N) is 2. The largest absolute Gasteiger partial charge is 0.339 e. The predicted octanol–water partition coefficient (Wildman–Crippen LogP) is 3.86. The van der Waals surface area contributed by atoms with Crippen LogP contribution in [-0.2, 0) is 7.05 Å². The van der Waals surface area contributed by atoms with Gasteiger partial charge in [0.05, 0.1) is 5.52 Å². The van der Waals surface area contributed by atoms with Gasteiger partial charge in [0.15, 0.2) is 5.82 Å². The summed E-state index contributed by atoms with van der Waals surface area (Å²) in [4.78, 5) is 7.79. The quantitative estimate of drug-likeness (QED) is 0.566. The number of aromatic amines is 1. The fourth-order valence-electron chi connectivity index (χ4n) is 3.92. The molecule has 0 aliphatic carbocycles. The molecule has 2 N–H and O–H groups in total. The third-order valence-electron chi connectivity index (χ3n) is 5.30. The lowest BCUT2D eigenvalue weighted by atomic mass is 9.98. The maximum Gasteiger partial charge on any atom is 0.151 e. The van der Waals surface area contributed by atoms with Crippen LogP contribution in [0.5, 0.6) is 0 Å². The van der Waals surface area contributed by atoms with Crippen LogP contribution in [0.3, 0.4) is 0 Å². The van der Waals surface area contributed by atoms with E-state index in [2.05, 4.69) is 20.4 Å². The second-order valence-corrected chi connectivity index (χ2v) is 7.20. The van der Waals surface area contributed by atoms with E-state index in [1.54, 1.807) is 17.9 Å². The van der Waals surface area contributed by atoms with Crippen molar-refractivity contribution in [3.63, 3.8) is 0 Å². The topological polar surface area (TPSA) is 58.5 Å². The lowest BCUT2D eigenvalue weighted by Crippen LogP contribution is -2.27. The summed E-state index contributed by atoms with van der Waals surface area (Å²) in [6, 6.07) is 6.48. The van der Waals surface area contributed by atoms with Crippen LogP contribution in [0.15, 0.2) is 30.5 Å². The average molecular weight is 367 g/mol. The van der Waals surface area contributed by atoms with Crippen LogP contribution in [-0.4, -0.2) is 32.8 Å². The first-order chi connectivity index (χ1) is 13.1. The highest BCUT2D eigenvalue weighted by molar-refractivity contribution is 5.88. The van der Waals surface area contributed by atoms with Crippen LogP contribution >= 0.6 is 0 Å². The van der Waals surface area contributed by atoms with Gasteiger partial charge in [-0.1, -0.05) is 0 Å². The number of rotatable bonds is 2. The van der Waals surface area contributed by atoms with E-state index in [1.165, 1.54) is 12.1 Å². The molecule has 0 amide bonds. The molecule has 1 saturated heterocycles. The molecule has 5 rings (SSSR count). The normalized spacial score (nSPS) is 15.8. The highest BCUT2D eigenvalue weighted by Gasteiger charge is 2.20. The van der Waals surface area contributed by atoms with Gasteiger partial charge in [-0.05, 0) is 61.3 Å². The summed E-state index contributed by atoms with van der Waals surface area (Å²) in [5, 5.41) is 8.12. The summed E-state index contributed by atoms with van der Waals surface area (Å²) in [5.41, 5.74) is 2.52. The number of piperidine rings is 1. The second-order valence-electron chi connectivity index (χ2n) is 7.20. The lowest BCUT2D eigenvalue weighted by molar-refractivity contribution is 0.448. The molecule has 5 nitrogen and oxygen atoms in total. The van der Waals surface area contributed by atoms with Crippen LogP contribution in [0.4, 0.5) is 8.78 Å².